The molecule has 3 aromatic carbocycles. The fraction of sp³-hybridized carbons (Fsp3) is 0.0667. The van der Waals surface area contributed by atoms with Gasteiger partial charge in [-0.15, -0.1) is 16.4 Å². The second-order valence-electron chi connectivity index (χ2n) is 8.99. The van der Waals surface area contributed by atoms with Gasteiger partial charge in [-0.05, 0) is 51.5 Å². The lowest BCUT2D eigenvalue weighted by molar-refractivity contribution is 0.0696. The number of benzene rings is 3. The van der Waals surface area contributed by atoms with Crippen LogP contribution >= 0.6 is 11.3 Å². The first-order valence-electron chi connectivity index (χ1n) is 12.0. The summed E-state index contributed by atoms with van der Waals surface area (Å²) in [6.07, 6.45) is 2.43. The first-order valence-corrected chi connectivity index (χ1v) is 12.9. The van der Waals surface area contributed by atoms with Crippen LogP contribution < -0.4 is 5.32 Å². The molecule has 6 rings (SSSR count). The minimum absolute atomic E-state index is 0.203. The highest BCUT2D eigenvalue weighted by Crippen LogP contribution is 2.29. The van der Waals surface area contributed by atoms with Crippen LogP contribution in [-0.4, -0.2) is 31.8 Å². The van der Waals surface area contributed by atoms with E-state index in [0.717, 1.165) is 27.0 Å². The Hall–Kier alpha value is -4.82. The molecule has 7 nitrogen and oxygen atoms in total. The number of pyridine rings is 1. The fourth-order valence-electron chi connectivity index (χ4n) is 4.54. The number of thiophene rings is 1. The molecule has 0 aliphatic heterocycles. The van der Waals surface area contributed by atoms with Gasteiger partial charge in [0.05, 0.1) is 16.8 Å². The van der Waals surface area contributed by atoms with Gasteiger partial charge >= 0.3 is 5.97 Å². The molecule has 0 fully saturated rings. The topological polar surface area (TPSA) is 96.6 Å². The molecule has 186 valence electrons. The van der Waals surface area contributed by atoms with Gasteiger partial charge in [0, 0.05) is 29.6 Å². The number of fused-ring (bicyclic) bond motifs is 2. The fourth-order valence-corrected chi connectivity index (χ4v) is 5.25. The second kappa shape index (κ2) is 9.91. The van der Waals surface area contributed by atoms with Crippen LogP contribution in [0.25, 0.3) is 26.7 Å². The number of carbonyl (C=O) groups excluding carboxylic acids is 1. The number of rotatable bonds is 7. The van der Waals surface area contributed by atoms with Gasteiger partial charge in [0.1, 0.15) is 5.52 Å². The van der Waals surface area contributed by atoms with Crippen LogP contribution in [0.3, 0.4) is 0 Å². The molecule has 8 heteroatoms. The minimum Gasteiger partial charge on any atom is -0.478 e. The molecule has 3 heterocycles. The van der Waals surface area contributed by atoms with Crippen LogP contribution in [0.15, 0.2) is 96.5 Å². The highest BCUT2D eigenvalue weighted by Gasteiger charge is 2.19. The maximum atomic E-state index is 13.5. The summed E-state index contributed by atoms with van der Waals surface area (Å²) >= 11 is 1.59. The molecule has 0 saturated carbocycles. The number of nitrogens with zero attached hydrogens (tertiary/aromatic N) is 3. The monoisotopic (exact) mass is 518 g/mol. The molecule has 3 aromatic heterocycles. The van der Waals surface area contributed by atoms with Crippen molar-refractivity contribution in [2.75, 3.05) is 0 Å². The summed E-state index contributed by atoms with van der Waals surface area (Å²) in [5, 5.41) is 25.2. The lowest BCUT2D eigenvalue weighted by Crippen LogP contribution is -2.23. The molecule has 0 bridgehead atoms. The number of carboxylic acids is 1. The molecule has 6 aromatic rings. The van der Waals surface area contributed by atoms with Crippen molar-refractivity contribution in [1.29, 1.82) is 0 Å². The number of carbonyl (C=O) groups is 2. The molecule has 1 amide bonds. The average Bonchev–Trinajstić information content (AvgIpc) is 3.62. The molecule has 2 N–H and O–H groups in total. The summed E-state index contributed by atoms with van der Waals surface area (Å²) in [5.74, 6) is -1.24. The number of aromatic nitrogens is 3. The quantitative estimate of drug-likeness (QED) is 0.277. The van der Waals surface area contributed by atoms with E-state index in [1.807, 2.05) is 41.9 Å². The summed E-state index contributed by atoms with van der Waals surface area (Å²) in [6, 6.07) is 26.8. The zero-order valence-corrected chi connectivity index (χ0v) is 21.0. The number of aromatic carboxylic acids is 1. The van der Waals surface area contributed by atoms with Crippen molar-refractivity contribution in [3.05, 3.63) is 124 Å². The summed E-state index contributed by atoms with van der Waals surface area (Å²) in [5.41, 5.74) is 4.83. The largest absolute Gasteiger partial charge is 0.478 e. The Morgan fingerprint density at radius 1 is 0.895 bits per heavy atom. The third kappa shape index (κ3) is 4.65. The number of nitrogens with one attached hydrogen (secondary N) is 1. The van der Waals surface area contributed by atoms with Gasteiger partial charge in [0.25, 0.3) is 5.91 Å². The number of carboxylic acid groups (broad SMARTS) is 1. The van der Waals surface area contributed by atoms with Gasteiger partial charge in [0.15, 0.2) is 0 Å². The van der Waals surface area contributed by atoms with E-state index in [1.54, 1.807) is 28.0 Å². The van der Waals surface area contributed by atoms with Crippen molar-refractivity contribution in [2.45, 2.75) is 13.0 Å². The average molecular weight is 519 g/mol. The van der Waals surface area contributed by atoms with Crippen LogP contribution in [0.2, 0.25) is 0 Å². The Balaban J connectivity index is 1.35. The predicted molar refractivity (Wildman–Crippen MR) is 148 cm³/mol. The Kier molecular flexibility index (Phi) is 6.15. The SMILES string of the molecule is O=C(O)c1ccc(CNC(=O)c2cc(-c3cccs3)cn3nnc(Cc4ccc5ccccc5c4)c23)cc1. The van der Waals surface area contributed by atoms with E-state index in [0.29, 0.717) is 23.2 Å². The zero-order chi connectivity index (χ0) is 26.1. The van der Waals surface area contributed by atoms with E-state index in [1.165, 1.54) is 17.5 Å². The number of hydrogen-bond donors (Lipinski definition) is 2. The Morgan fingerprint density at radius 2 is 1.68 bits per heavy atom. The molecular weight excluding hydrogens is 496 g/mol. The molecule has 0 spiro atoms. The molecule has 0 saturated heterocycles. The van der Waals surface area contributed by atoms with E-state index >= 15 is 0 Å². The molecular formula is C30H22N4O3S. The van der Waals surface area contributed by atoms with Crippen molar-refractivity contribution in [2.24, 2.45) is 0 Å². The van der Waals surface area contributed by atoms with Gasteiger partial charge in [-0.2, -0.15) is 0 Å². The van der Waals surface area contributed by atoms with E-state index in [-0.39, 0.29) is 18.0 Å². The highest BCUT2D eigenvalue weighted by molar-refractivity contribution is 7.13. The maximum absolute atomic E-state index is 13.5. The minimum atomic E-state index is -0.986. The third-order valence-corrected chi connectivity index (χ3v) is 7.39. The van der Waals surface area contributed by atoms with Gasteiger partial charge in [-0.25, -0.2) is 9.31 Å². The summed E-state index contributed by atoms with van der Waals surface area (Å²) in [4.78, 5) is 25.7. The molecule has 0 atom stereocenters. The summed E-state index contributed by atoms with van der Waals surface area (Å²) in [6.45, 7) is 0.260. The summed E-state index contributed by atoms with van der Waals surface area (Å²) in [7, 11) is 0. The van der Waals surface area contributed by atoms with Gasteiger partial charge in [-0.3, -0.25) is 4.79 Å². The molecule has 0 radical (unpaired) electrons. The number of amides is 1. The molecule has 38 heavy (non-hydrogen) atoms. The standard InChI is InChI=1S/C30H22N4O3S/c35-29(31-17-19-7-11-22(12-8-19)30(36)37)25-16-24(27-6-3-13-38-27)18-34-28(25)26(32-33-34)15-20-9-10-21-4-1-2-5-23(21)14-20/h1-14,16,18H,15,17H2,(H,31,35)(H,36,37). The van der Waals surface area contributed by atoms with Crippen molar-refractivity contribution < 1.29 is 14.7 Å². The number of hydrogen-bond acceptors (Lipinski definition) is 5. The Labute approximate surface area is 222 Å². The van der Waals surface area contributed by atoms with E-state index in [4.69, 9.17) is 5.11 Å². The first kappa shape index (κ1) is 23.6. The van der Waals surface area contributed by atoms with Gasteiger partial charge < -0.3 is 10.4 Å². The van der Waals surface area contributed by atoms with Crippen molar-refractivity contribution >= 4 is 39.5 Å². The van der Waals surface area contributed by atoms with Crippen molar-refractivity contribution in [3.8, 4) is 10.4 Å². The third-order valence-electron chi connectivity index (χ3n) is 6.47. The Morgan fingerprint density at radius 3 is 2.45 bits per heavy atom. The molecule has 0 aliphatic carbocycles. The first-order chi connectivity index (χ1) is 18.5. The maximum Gasteiger partial charge on any atom is 0.335 e. The normalized spacial score (nSPS) is 11.2. The molecule has 0 aliphatic rings. The second-order valence-corrected chi connectivity index (χ2v) is 9.94. The highest BCUT2D eigenvalue weighted by atomic mass is 32.1. The lowest BCUT2D eigenvalue weighted by Gasteiger charge is -2.10. The van der Waals surface area contributed by atoms with Crippen LogP contribution in [0.4, 0.5) is 0 Å². The zero-order valence-electron chi connectivity index (χ0n) is 20.2. The predicted octanol–water partition coefficient (Wildman–Crippen LogP) is 5.83. The van der Waals surface area contributed by atoms with Crippen molar-refractivity contribution in [3.63, 3.8) is 0 Å². The van der Waals surface area contributed by atoms with Crippen molar-refractivity contribution in [1.82, 2.24) is 20.1 Å². The summed E-state index contributed by atoms with van der Waals surface area (Å²) < 4.78 is 1.68. The van der Waals surface area contributed by atoms with Crippen LogP contribution in [-0.2, 0) is 13.0 Å². The van der Waals surface area contributed by atoms with Crippen LogP contribution in [0, 0.1) is 0 Å². The van der Waals surface area contributed by atoms with Crippen LogP contribution in [0.5, 0.6) is 0 Å². The van der Waals surface area contributed by atoms with E-state index in [9.17, 15) is 9.59 Å². The van der Waals surface area contributed by atoms with Crippen LogP contribution in [0.1, 0.15) is 37.5 Å². The lowest BCUT2D eigenvalue weighted by atomic mass is 10.0. The van der Waals surface area contributed by atoms with E-state index in [2.05, 4.69) is 46.0 Å². The van der Waals surface area contributed by atoms with E-state index < -0.39 is 5.97 Å². The molecule has 0 unspecified atom stereocenters. The Bertz CT molecular complexity index is 1790. The van der Waals surface area contributed by atoms with Gasteiger partial charge in [0.2, 0.25) is 0 Å². The smallest absolute Gasteiger partial charge is 0.335 e. The van der Waals surface area contributed by atoms with Gasteiger partial charge in [-0.1, -0.05) is 65.9 Å².